The summed E-state index contributed by atoms with van der Waals surface area (Å²) in [7, 11) is 0. The molecule has 33 heavy (non-hydrogen) atoms. The van der Waals surface area contributed by atoms with Gasteiger partial charge in [0.05, 0.1) is 34.9 Å². The number of benzene rings is 1. The third kappa shape index (κ3) is 4.60. The van der Waals surface area contributed by atoms with Crippen LogP contribution in [0.3, 0.4) is 0 Å². The number of nitrogens with zero attached hydrogens (tertiary/aromatic N) is 4. The fourth-order valence-corrected chi connectivity index (χ4v) is 4.71. The largest absolute Gasteiger partial charge is 0.381 e. The molecule has 0 aliphatic heterocycles. The molecule has 2 aromatic heterocycles. The Kier molecular flexibility index (Phi) is 6.72. The highest BCUT2D eigenvalue weighted by Gasteiger charge is 2.26. The summed E-state index contributed by atoms with van der Waals surface area (Å²) in [6.45, 7) is 8.87. The summed E-state index contributed by atoms with van der Waals surface area (Å²) in [6, 6.07) is 6.07. The zero-order valence-corrected chi connectivity index (χ0v) is 19.8. The van der Waals surface area contributed by atoms with Crippen LogP contribution < -0.4 is 10.6 Å². The van der Waals surface area contributed by atoms with Crippen LogP contribution in [0.5, 0.6) is 0 Å². The van der Waals surface area contributed by atoms with Crippen LogP contribution in [0.25, 0.3) is 11.0 Å². The fraction of sp³-hybridized carbons (Fsp3) is 0.480. The molecule has 8 nitrogen and oxygen atoms in total. The molecule has 1 aliphatic rings. The van der Waals surface area contributed by atoms with E-state index in [-0.39, 0.29) is 24.0 Å². The number of aryl methyl sites for hydroxylation is 2. The van der Waals surface area contributed by atoms with Crippen molar-refractivity contribution in [3.8, 4) is 0 Å². The number of fused-ring (bicyclic) bond motifs is 1. The van der Waals surface area contributed by atoms with Gasteiger partial charge in [-0.3, -0.25) is 4.79 Å². The van der Waals surface area contributed by atoms with Crippen LogP contribution in [0.15, 0.2) is 35.8 Å². The Labute approximate surface area is 194 Å². The SMILES string of the molecule is CCn1ncc2c(NC3CCC(N=O)CC3)c(C(=O)NC(C)c3cccc(C)c3C)cnc21. The Hall–Kier alpha value is -3.29. The van der Waals surface area contributed by atoms with Crippen LogP contribution in [0.1, 0.15) is 72.6 Å². The minimum Gasteiger partial charge on any atom is -0.381 e. The zero-order valence-electron chi connectivity index (χ0n) is 19.8. The quantitative estimate of drug-likeness (QED) is 0.493. The molecule has 0 saturated heterocycles. The number of carbonyl (C=O) groups excluding carboxylic acids is 1. The van der Waals surface area contributed by atoms with Crippen molar-refractivity contribution in [3.05, 3.63) is 57.8 Å². The van der Waals surface area contributed by atoms with Crippen LogP contribution >= 0.6 is 0 Å². The van der Waals surface area contributed by atoms with Crippen molar-refractivity contribution < 1.29 is 4.79 Å². The maximum atomic E-state index is 13.4. The predicted octanol–water partition coefficient (Wildman–Crippen LogP) is 5.05. The van der Waals surface area contributed by atoms with E-state index >= 15 is 0 Å². The van der Waals surface area contributed by atoms with E-state index in [4.69, 9.17) is 0 Å². The van der Waals surface area contributed by atoms with Crippen molar-refractivity contribution in [2.75, 3.05) is 5.32 Å². The topological polar surface area (TPSA) is 101 Å². The molecule has 1 aromatic carbocycles. The van der Waals surface area contributed by atoms with Gasteiger partial charge in [0.25, 0.3) is 5.91 Å². The molecule has 0 radical (unpaired) electrons. The minimum absolute atomic E-state index is 0.107. The van der Waals surface area contributed by atoms with Crippen LogP contribution in [0, 0.1) is 18.8 Å². The Morgan fingerprint density at radius 2 is 1.97 bits per heavy atom. The van der Waals surface area contributed by atoms with E-state index in [0.717, 1.165) is 48.0 Å². The maximum Gasteiger partial charge on any atom is 0.255 e. The average molecular weight is 449 g/mol. The normalized spacial score (nSPS) is 19.3. The van der Waals surface area contributed by atoms with Crippen LogP contribution in [0.4, 0.5) is 5.69 Å². The summed E-state index contributed by atoms with van der Waals surface area (Å²) in [6.07, 6.45) is 6.60. The van der Waals surface area contributed by atoms with Crippen molar-refractivity contribution >= 4 is 22.6 Å². The van der Waals surface area contributed by atoms with Crippen molar-refractivity contribution in [3.63, 3.8) is 0 Å². The summed E-state index contributed by atoms with van der Waals surface area (Å²) < 4.78 is 1.83. The van der Waals surface area contributed by atoms with E-state index in [1.54, 1.807) is 12.4 Å². The number of carbonyl (C=O) groups is 1. The van der Waals surface area contributed by atoms with E-state index in [9.17, 15) is 9.70 Å². The van der Waals surface area contributed by atoms with Crippen molar-refractivity contribution in [2.45, 2.75) is 78.0 Å². The molecule has 2 N–H and O–H groups in total. The lowest BCUT2D eigenvalue weighted by Gasteiger charge is -2.27. The monoisotopic (exact) mass is 448 g/mol. The van der Waals surface area contributed by atoms with E-state index in [1.807, 2.05) is 24.6 Å². The maximum absolute atomic E-state index is 13.4. The lowest BCUT2D eigenvalue weighted by molar-refractivity contribution is 0.0940. The lowest BCUT2D eigenvalue weighted by Crippen LogP contribution is -2.31. The number of rotatable bonds is 7. The average Bonchev–Trinajstić information content (AvgIpc) is 3.25. The smallest absolute Gasteiger partial charge is 0.255 e. The van der Waals surface area contributed by atoms with Gasteiger partial charge >= 0.3 is 0 Å². The number of amides is 1. The summed E-state index contributed by atoms with van der Waals surface area (Å²) in [5.74, 6) is -0.173. The van der Waals surface area contributed by atoms with Gasteiger partial charge in [0, 0.05) is 18.8 Å². The highest BCUT2D eigenvalue weighted by Crippen LogP contribution is 2.31. The number of anilines is 1. The number of hydrogen-bond donors (Lipinski definition) is 2. The molecule has 1 unspecified atom stereocenters. The van der Waals surface area contributed by atoms with Crippen molar-refractivity contribution in [1.82, 2.24) is 20.1 Å². The van der Waals surface area contributed by atoms with E-state index in [0.29, 0.717) is 12.1 Å². The van der Waals surface area contributed by atoms with E-state index in [2.05, 4.69) is 51.9 Å². The molecule has 0 spiro atoms. The highest BCUT2D eigenvalue weighted by molar-refractivity contribution is 6.06. The number of hydrogen-bond acceptors (Lipinski definition) is 6. The van der Waals surface area contributed by atoms with E-state index < -0.39 is 0 Å². The van der Waals surface area contributed by atoms with Gasteiger partial charge < -0.3 is 10.6 Å². The van der Waals surface area contributed by atoms with Crippen LogP contribution in [0.2, 0.25) is 0 Å². The van der Waals surface area contributed by atoms with Gasteiger partial charge in [-0.15, -0.1) is 0 Å². The minimum atomic E-state index is -0.173. The molecule has 1 saturated carbocycles. The van der Waals surface area contributed by atoms with Crippen molar-refractivity contribution in [1.29, 1.82) is 0 Å². The molecule has 3 aromatic rings. The number of nitroso groups, excluding NO2 is 1. The summed E-state index contributed by atoms with van der Waals surface area (Å²) in [4.78, 5) is 28.9. The molecule has 4 rings (SSSR count). The predicted molar refractivity (Wildman–Crippen MR) is 130 cm³/mol. The molecular formula is C25H32N6O2. The second-order valence-electron chi connectivity index (χ2n) is 8.98. The third-order valence-corrected chi connectivity index (χ3v) is 6.87. The molecule has 174 valence electrons. The van der Waals surface area contributed by atoms with Crippen molar-refractivity contribution in [2.24, 2.45) is 5.18 Å². The summed E-state index contributed by atoms with van der Waals surface area (Å²) in [5.41, 5.74) is 5.50. The standard InChI is InChI=1S/C25H32N6O2/c1-5-31-24-21(14-27-31)23(29-18-9-11-19(30-33)12-10-18)22(13-26-24)25(32)28-17(4)20-8-6-7-15(2)16(20)3/h6-8,13-14,17-19H,5,9-12H2,1-4H3,(H,26,29)(H,28,32). The van der Waals surface area contributed by atoms with Gasteiger partial charge in [-0.2, -0.15) is 10.0 Å². The first-order valence-corrected chi connectivity index (χ1v) is 11.7. The van der Waals surface area contributed by atoms with Gasteiger partial charge in [0.15, 0.2) is 5.65 Å². The third-order valence-electron chi connectivity index (χ3n) is 6.87. The number of aromatic nitrogens is 3. The van der Waals surface area contributed by atoms with Gasteiger partial charge in [-0.05, 0) is 70.1 Å². The van der Waals surface area contributed by atoms with Gasteiger partial charge in [0.2, 0.25) is 0 Å². The first kappa shape index (κ1) is 22.9. The molecule has 8 heteroatoms. The van der Waals surface area contributed by atoms with Crippen LogP contribution in [-0.2, 0) is 6.54 Å². The summed E-state index contributed by atoms with van der Waals surface area (Å²) in [5, 5.41) is 15.2. The van der Waals surface area contributed by atoms with Gasteiger partial charge in [-0.25, -0.2) is 9.67 Å². The number of pyridine rings is 1. The molecule has 1 amide bonds. The molecular weight excluding hydrogens is 416 g/mol. The fourth-order valence-electron chi connectivity index (χ4n) is 4.71. The lowest BCUT2D eigenvalue weighted by atomic mass is 9.91. The Morgan fingerprint density at radius 3 is 2.67 bits per heavy atom. The van der Waals surface area contributed by atoms with E-state index in [1.165, 1.54) is 11.1 Å². The Balaban J connectivity index is 1.64. The summed E-state index contributed by atoms with van der Waals surface area (Å²) >= 11 is 0. The molecule has 1 aliphatic carbocycles. The highest BCUT2D eigenvalue weighted by atomic mass is 16.3. The molecule has 2 heterocycles. The van der Waals surface area contributed by atoms with Gasteiger partial charge in [0.1, 0.15) is 0 Å². The Bertz CT molecular complexity index is 1160. The molecule has 1 fully saturated rings. The molecule has 1 atom stereocenters. The zero-order chi connectivity index (χ0) is 23.5. The van der Waals surface area contributed by atoms with Gasteiger partial charge in [-0.1, -0.05) is 23.4 Å². The first-order valence-electron chi connectivity index (χ1n) is 11.7. The Morgan fingerprint density at radius 1 is 1.21 bits per heavy atom. The second kappa shape index (κ2) is 9.68. The van der Waals surface area contributed by atoms with Crippen LogP contribution in [-0.4, -0.2) is 32.8 Å². The second-order valence-corrected chi connectivity index (χ2v) is 8.98. The molecule has 0 bridgehead atoms. The first-order chi connectivity index (χ1) is 15.9. The number of nitrogens with one attached hydrogen (secondary N) is 2.